The lowest BCUT2D eigenvalue weighted by Crippen LogP contribution is -2.44. The fourth-order valence-corrected chi connectivity index (χ4v) is 2.47. The molecule has 4 heteroatoms. The van der Waals surface area contributed by atoms with Gasteiger partial charge in [0, 0.05) is 25.0 Å². The van der Waals surface area contributed by atoms with Crippen molar-refractivity contribution in [2.24, 2.45) is 0 Å². The van der Waals surface area contributed by atoms with Gasteiger partial charge in [-0.3, -0.25) is 4.79 Å². The van der Waals surface area contributed by atoms with E-state index in [1.165, 1.54) is 12.8 Å². The molecule has 0 heterocycles. The molecule has 0 unspecified atom stereocenters. The number of aliphatic hydroxyl groups is 1. The van der Waals surface area contributed by atoms with Gasteiger partial charge in [-0.05, 0) is 33.6 Å². The molecule has 0 bridgehead atoms. The highest BCUT2D eigenvalue weighted by Crippen LogP contribution is 2.26. The molecule has 4 nitrogen and oxygen atoms in total. The molecule has 0 saturated heterocycles. The minimum Gasteiger partial charge on any atom is -0.388 e. The van der Waals surface area contributed by atoms with Crippen LogP contribution in [0.25, 0.3) is 0 Å². The molecule has 1 fully saturated rings. The van der Waals surface area contributed by atoms with Crippen LogP contribution in [-0.2, 0) is 4.79 Å². The lowest BCUT2D eigenvalue weighted by Gasteiger charge is -2.27. The Morgan fingerprint density at radius 3 is 2.26 bits per heavy atom. The number of hydrogen-bond acceptors (Lipinski definition) is 3. The summed E-state index contributed by atoms with van der Waals surface area (Å²) in [5.74, 6) is 0.0226. The normalized spacial score (nSPS) is 19.8. The van der Waals surface area contributed by atoms with Crippen molar-refractivity contribution in [3.8, 4) is 0 Å². The molecule has 112 valence electrons. The van der Waals surface area contributed by atoms with Crippen molar-refractivity contribution in [3.63, 3.8) is 0 Å². The minimum absolute atomic E-state index is 0.0226. The number of carbonyl (C=O) groups excluding carboxylic acids is 1. The van der Waals surface area contributed by atoms with E-state index in [0.717, 1.165) is 25.7 Å². The molecule has 3 N–H and O–H groups in total. The summed E-state index contributed by atoms with van der Waals surface area (Å²) in [7, 11) is 0. The van der Waals surface area contributed by atoms with E-state index >= 15 is 0 Å². The molecule has 1 saturated carbocycles. The molecular formula is C15H30N2O2. The maximum Gasteiger partial charge on any atom is 0.221 e. The van der Waals surface area contributed by atoms with E-state index in [2.05, 4.69) is 31.4 Å². The van der Waals surface area contributed by atoms with Gasteiger partial charge in [0.05, 0.1) is 5.60 Å². The first-order chi connectivity index (χ1) is 8.81. The summed E-state index contributed by atoms with van der Waals surface area (Å²) >= 11 is 0. The van der Waals surface area contributed by atoms with Crippen molar-refractivity contribution in [2.45, 2.75) is 76.9 Å². The number of rotatable bonds is 5. The Bertz CT molecular complexity index is 276. The maximum absolute atomic E-state index is 11.7. The van der Waals surface area contributed by atoms with Crippen molar-refractivity contribution in [3.05, 3.63) is 0 Å². The van der Waals surface area contributed by atoms with E-state index in [1.807, 2.05) is 0 Å². The van der Waals surface area contributed by atoms with Crippen LogP contribution < -0.4 is 10.6 Å². The zero-order valence-corrected chi connectivity index (χ0v) is 12.7. The van der Waals surface area contributed by atoms with Gasteiger partial charge in [-0.15, -0.1) is 0 Å². The Kier molecular flexibility index (Phi) is 6.27. The predicted octanol–water partition coefficient (Wildman–Crippen LogP) is 1.97. The average molecular weight is 270 g/mol. The van der Waals surface area contributed by atoms with Gasteiger partial charge < -0.3 is 15.7 Å². The molecule has 1 amide bonds. The predicted molar refractivity (Wildman–Crippen MR) is 78.0 cm³/mol. The maximum atomic E-state index is 11.7. The first-order valence-corrected chi connectivity index (χ1v) is 7.55. The smallest absolute Gasteiger partial charge is 0.221 e. The molecule has 0 aromatic carbocycles. The fraction of sp³-hybridized carbons (Fsp3) is 0.933. The van der Waals surface area contributed by atoms with E-state index in [9.17, 15) is 9.90 Å². The van der Waals surface area contributed by atoms with Gasteiger partial charge in [0.1, 0.15) is 0 Å². The third-order valence-corrected chi connectivity index (χ3v) is 3.66. The Morgan fingerprint density at radius 2 is 1.74 bits per heavy atom. The van der Waals surface area contributed by atoms with Crippen LogP contribution in [0.5, 0.6) is 0 Å². The van der Waals surface area contributed by atoms with Crippen LogP contribution in [0.3, 0.4) is 0 Å². The van der Waals surface area contributed by atoms with Crippen LogP contribution in [0, 0.1) is 0 Å². The summed E-state index contributed by atoms with van der Waals surface area (Å²) in [6, 6.07) is 0. The Balaban J connectivity index is 2.21. The van der Waals surface area contributed by atoms with Crippen molar-refractivity contribution in [1.82, 2.24) is 10.6 Å². The highest BCUT2D eigenvalue weighted by Gasteiger charge is 2.28. The molecular weight excluding hydrogens is 240 g/mol. The van der Waals surface area contributed by atoms with Gasteiger partial charge in [-0.25, -0.2) is 0 Å². The van der Waals surface area contributed by atoms with Crippen LogP contribution in [0.15, 0.2) is 0 Å². The Labute approximate surface area is 117 Å². The topological polar surface area (TPSA) is 61.4 Å². The lowest BCUT2D eigenvalue weighted by molar-refractivity contribution is -0.122. The van der Waals surface area contributed by atoms with Crippen molar-refractivity contribution in [1.29, 1.82) is 0 Å². The quantitative estimate of drug-likeness (QED) is 0.669. The molecule has 0 aromatic heterocycles. The Hall–Kier alpha value is -0.610. The highest BCUT2D eigenvalue weighted by atomic mass is 16.3. The molecule has 1 rings (SSSR count). The minimum atomic E-state index is -0.677. The SMILES string of the molecule is CC(C)(C)NCCC(=O)NCC1(O)CCCCCC1. The second-order valence-electron chi connectivity index (χ2n) is 6.84. The lowest BCUT2D eigenvalue weighted by atomic mass is 9.94. The van der Waals surface area contributed by atoms with Crippen molar-refractivity contribution < 1.29 is 9.90 Å². The van der Waals surface area contributed by atoms with E-state index in [1.54, 1.807) is 0 Å². The fourth-order valence-electron chi connectivity index (χ4n) is 2.47. The zero-order valence-electron chi connectivity index (χ0n) is 12.7. The van der Waals surface area contributed by atoms with Crippen molar-refractivity contribution in [2.75, 3.05) is 13.1 Å². The van der Waals surface area contributed by atoms with Gasteiger partial charge in [0.25, 0.3) is 0 Å². The first kappa shape index (κ1) is 16.4. The second kappa shape index (κ2) is 7.25. The largest absolute Gasteiger partial charge is 0.388 e. The zero-order chi connectivity index (χ0) is 14.4. The summed E-state index contributed by atoms with van der Waals surface area (Å²) in [4.78, 5) is 11.7. The van der Waals surface area contributed by atoms with Gasteiger partial charge in [-0.2, -0.15) is 0 Å². The average Bonchev–Trinajstić information content (AvgIpc) is 2.51. The summed E-state index contributed by atoms with van der Waals surface area (Å²) in [6.45, 7) is 7.33. The van der Waals surface area contributed by atoms with E-state index in [-0.39, 0.29) is 11.4 Å². The first-order valence-electron chi connectivity index (χ1n) is 7.55. The molecule has 0 aromatic rings. The van der Waals surface area contributed by atoms with E-state index < -0.39 is 5.60 Å². The van der Waals surface area contributed by atoms with Crippen LogP contribution in [0.1, 0.15) is 65.7 Å². The number of hydrogen-bond donors (Lipinski definition) is 3. The monoisotopic (exact) mass is 270 g/mol. The summed E-state index contributed by atoms with van der Waals surface area (Å²) in [5.41, 5.74) is -0.636. The molecule has 0 spiro atoms. The molecule has 1 aliphatic carbocycles. The third kappa shape index (κ3) is 7.53. The van der Waals surface area contributed by atoms with Crippen LogP contribution in [0.4, 0.5) is 0 Å². The van der Waals surface area contributed by atoms with Gasteiger partial charge >= 0.3 is 0 Å². The standard InChI is InChI=1S/C15H30N2O2/c1-14(2,3)17-11-8-13(18)16-12-15(19)9-6-4-5-7-10-15/h17,19H,4-12H2,1-3H3,(H,16,18). The molecule has 0 aliphatic heterocycles. The third-order valence-electron chi connectivity index (χ3n) is 3.66. The van der Waals surface area contributed by atoms with Gasteiger partial charge in [-0.1, -0.05) is 25.7 Å². The van der Waals surface area contributed by atoms with E-state index in [4.69, 9.17) is 0 Å². The highest BCUT2D eigenvalue weighted by molar-refractivity contribution is 5.76. The molecule has 1 aliphatic rings. The van der Waals surface area contributed by atoms with Gasteiger partial charge in [0.2, 0.25) is 5.91 Å². The number of amides is 1. The Morgan fingerprint density at radius 1 is 1.16 bits per heavy atom. The summed E-state index contributed by atoms with van der Waals surface area (Å²) in [5, 5.41) is 16.6. The second-order valence-corrected chi connectivity index (χ2v) is 6.84. The van der Waals surface area contributed by atoms with Gasteiger partial charge in [0.15, 0.2) is 0 Å². The van der Waals surface area contributed by atoms with Crippen LogP contribution in [-0.4, -0.2) is 35.2 Å². The van der Waals surface area contributed by atoms with E-state index in [0.29, 0.717) is 19.5 Å². The molecule has 0 radical (unpaired) electrons. The molecule has 0 atom stereocenters. The summed E-state index contributed by atoms with van der Waals surface area (Å²) < 4.78 is 0. The van der Waals surface area contributed by atoms with Crippen LogP contribution >= 0.6 is 0 Å². The van der Waals surface area contributed by atoms with Crippen molar-refractivity contribution >= 4 is 5.91 Å². The number of carbonyl (C=O) groups is 1. The summed E-state index contributed by atoms with van der Waals surface area (Å²) in [6.07, 6.45) is 6.63. The molecule has 19 heavy (non-hydrogen) atoms. The number of nitrogens with one attached hydrogen (secondary N) is 2. The van der Waals surface area contributed by atoms with Crippen LogP contribution in [0.2, 0.25) is 0 Å².